The highest BCUT2D eigenvalue weighted by Gasteiger charge is 2.18. The van der Waals surface area contributed by atoms with Crippen molar-refractivity contribution < 1.29 is 0 Å². The number of nitrogens with zero attached hydrogens (tertiary/aromatic N) is 3. The fourth-order valence-electron chi connectivity index (χ4n) is 8.24. The molecule has 0 fully saturated rings. The summed E-state index contributed by atoms with van der Waals surface area (Å²) in [7, 11) is 0. The SMILES string of the molecule is c1ccc(-n2c3ccccc3c3cc(N(c4ccc(-c5ccc6ccccc6c5)cc4)c4ccc(-c5cccc6c5sc5cnccc56)cc4)ccc32)cc1. The smallest absolute Gasteiger partial charge is 0.0542 e. The summed E-state index contributed by atoms with van der Waals surface area (Å²) < 4.78 is 4.87. The summed E-state index contributed by atoms with van der Waals surface area (Å²) in [6.07, 6.45) is 3.86. The molecule has 55 heavy (non-hydrogen) atoms. The van der Waals surface area contributed by atoms with E-state index in [1.54, 1.807) is 0 Å². The molecule has 0 amide bonds. The van der Waals surface area contributed by atoms with Crippen LogP contribution < -0.4 is 4.90 Å². The van der Waals surface area contributed by atoms with Crippen LogP contribution in [-0.2, 0) is 0 Å². The molecule has 4 heteroatoms. The van der Waals surface area contributed by atoms with E-state index in [4.69, 9.17) is 0 Å². The molecule has 0 saturated heterocycles. The second-order valence-corrected chi connectivity index (χ2v) is 15.1. The van der Waals surface area contributed by atoms with Gasteiger partial charge >= 0.3 is 0 Å². The summed E-state index contributed by atoms with van der Waals surface area (Å²) >= 11 is 1.81. The standard InChI is InChI=1S/C51H33N3S/c1-2-11-39(12-3-1)54-48-16-7-6-13-44(48)47-32-42(27-28-49(47)54)53(40-23-19-35(20-24-40)38-18-17-34-9-4-5-10-37(34)31-38)41-25-21-36(22-26-41)43-14-8-15-46-45-29-30-52-33-50(45)55-51(43)46/h1-33H. The molecule has 0 atom stereocenters. The molecule has 258 valence electrons. The Hall–Kier alpha value is -7.01. The van der Waals surface area contributed by atoms with E-state index in [2.05, 4.69) is 203 Å². The van der Waals surface area contributed by atoms with Gasteiger partial charge in [0.15, 0.2) is 0 Å². The van der Waals surface area contributed by atoms with E-state index >= 15 is 0 Å². The summed E-state index contributed by atoms with van der Waals surface area (Å²) in [6.45, 7) is 0. The maximum Gasteiger partial charge on any atom is 0.0542 e. The number of benzene rings is 8. The van der Waals surface area contributed by atoms with Gasteiger partial charge in [-0.2, -0.15) is 0 Å². The van der Waals surface area contributed by atoms with E-state index in [9.17, 15) is 0 Å². The van der Waals surface area contributed by atoms with Crippen molar-refractivity contribution in [2.45, 2.75) is 0 Å². The largest absolute Gasteiger partial charge is 0.310 e. The Morgan fingerprint density at radius 3 is 1.95 bits per heavy atom. The Morgan fingerprint density at radius 2 is 1.11 bits per heavy atom. The minimum Gasteiger partial charge on any atom is -0.310 e. The molecule has 0 saturated carbocycles. The van der Waals surface area contributed by atoms with Gasteiger partial charge in [0.1, 0.15) is 0 Å². The fourth-order valence-corrected chi connectivity index (χ4v) is 9.45. The van der Waals surface area contributed by atoms with Crippen LogP contribution in [0.3, 0.4) is 0 Å². The van der Waals surface area contributed by atoms with Crippen molar-refractivity contribution in [1.29, 1.82) is 0 Å². The summed E-state index contributed by atoms with van der Waals surface area (Å²) in [5, 5.41) is 7.49. The third kappa shape index (κ3) is 5.30. The minimum atomic E-state index is 1.10. The van der Waals surface area contributed by atoms with E-state index in [0.29, 0.717) is 0 Å². The van der Waals surface area contributed by atoms with Crippen LogP contribution in [0.1, 0.15) is 0 Å². The maximum absolute atomic E-state index is 4.39. The van der Waals surface area contributed by atoms with Crippen LogP contribution in [0, 0.1) is 0 Å². The molecule has 0 bridgehead atoms. The van der Waals surface area contributed by atoms with Crippen LogP contribution in [0.25, 0.3) is 80.7 Å². The number of para-hydroxylation sites is 2. The lowest BCUT2D eigenvalue weighted by Crippen LogP contribution is -2.10. The highest BCUT2D eigenvalue weighted by atomic mass is 32.1. The first-order valence-electron chi connectivity index (χ1n) is 18.6. The van der Waals surface area contributed by atoms with Gasteiger partial charge in [0, 0.05) is 61.4 Å². The number of hydrogen-bond donors (Lipinski definition) is 0. The zero-order chi connectivity index (χ0) is 36.3. The van der Waals surface area contributed by atoms with Crippen LogP contribution >= 0.6 is 11.3 Å². The van der Waals surface area contributed by atoms with Gasteiger partial charge in [-0.05, 0) is 106 Å². The predicted molar refractivity (Wildman–Crippen MR) is 235 cm³/mol. The van der Waals surface area contributed by atoms with Gasteiger partial charge < -0.3 is 9.47 Å². The first-order chi connectivity index (χ1) is 27.3. The average molecular weight is 720 g/mol. The first kappa shape index (κ1) is 31.5. The van der Waals surface area contributed by atoms with E-state index < -0.39 is 0 Å². The van der Waals surface area contributed by atoms with E-state index in [-0.39, 0.29) is 0 Å². The highest BCUT2D eigenvalue weighted by molar-refractivity contribution is 7.26. The molecule has 11 aromatic rings. The number of thiophene rings is 1. The lowest BCUT2D eigenvalue weighted by Gasteiger charge is -2.26. The van der Waals surface area contributed by atoms with Gasteiger partial charge in [0.05, 0.1) is 15.7 Å². The number of pyridine rings is 1. The first-order valence-corrected chi connectivity index (χ1v) is 19.4. The molecule has 3 nitrogen and oxygen atoms in total. The van der Waals surface area contributed by atoms with Crippen molar-refractivity contribution in [2.75, 3.05) is 4.90 Å². The number of rotatable bonds is 6. The van der Waals surface area contributed by atoms with Gasteiger partial charge in [0.25, 0.3) is 0 Å². The zero-order valence-corrected chi connectivity index (χ0v) is 30.6. The highest BCUT2D eigenvalue weighted by Crippen LogP contribution is 2.43. The molecule has 0 aliphatic heterocycles. The molecule has 3 aromatic heterocycles. The van der Waals surface area contributed by atoms with Crippen LogP contribution in [0.2, 0.25) is 0 Å². The van der Waals surface area contributed by atoms with Crippen molar-refractivity contribution in [3.63, 3.8) is 0 Å². The number of fused-ring (bicyclic) bond motifs is 7. The number of hydrogen-bond acceptors (Lipinski definition) is 3. The van der Waals surface area contributed by atoms with E-state index in [1.165, 1.54) is 75.0 Å². The maximum atomic E-state index is 4.39. The van der Waals surface area contributed by atoms with Crippen LogP contribution in [0.5, 0.6) is 0 Å². The second-order valence-electron chi connectivity index (χ2n) is 14.0. The molecule has 0 radical (unpaired) electrons. The number of aromatic nitrogens is 2. The molecule has 8 aromatic carbocycles. The topological polar surface area (TPSA) is 21.1 Å². The average Bonchev–Trinajstić information content (AvgIpc) is 3.80. The van der Waals surface area contributed by atoms with Crippen molar-refractivity contribution in [3.05, 3.63) is 200 Å². The monoisotopic (exact) mass is 719 g/mol. The Kier molecular flexibility index (Phi) is 7.35. The Morgan fingerprint density at radius 1 is 0.436 bits per heavy atom. The van der Waals surface area contributed by atoms with Gasteiger partial charge in [-0.3, -0.25) is 4.98 Å². The molecule has 0 spiro atoms. The minimum absolute atomic E-state index is 1.10. The van der Waals surface area contributed by atoms with Crippen LogP contribution in [-0.4, -0.2) is 9.55 Å². The van der Waals surface area contributed by atoms with Gasteiger partial charge in [-0.1, -0.05) is 115 Å². The normalized spacial score (nSPS) is 11.6. The second kappa shape index (κ2) is 12.8. The van der Waals surface area contributed by atoms with Crippen molar-refractivity contribution in [1.82, 2.24) is 9.55 Å². The molecular formula is C51H33N3S. The fraction of sp³-hybridized carbons (Fsp3) is 0. The molecular weight excluding hydrogens is 687 g/mol. The summed E-state index contributed by atoms with van der Waals surface area (Å²) in [5.74, 6) is 0. The summed E-state index contributed by atoms with van der Waals surface area (Å²) in [4.78, 5) is 6.77. The lowest BCUT2D eigenvalue weighted by molar-refractivity contribution is 1.18. The molecule has 3 heterocycles. The Balaban J connectivity index is 1.05. The quantitative estimate of drug-likeness (QED) is 0.171. The van der Waals surface area contributed by atoms with E-state index in [0.717, 1.165) is 22.7 Å². The molecule has 11 rings (SSSR count). The summed E-state index contributed by atoms with van der Waals surface area (Å²) in [5.41, 5.74) is 11.7. The van der Waals surface area contributed by atoms with Crippen molar-refractivity contribution in [2.24, 2.45) is 0 Å². The lowest BCUT2D eigenvalue weighted by atomic mass is 10.0. The predicted octanol–water partition coefficient (Wildman–Crippen LogP) is 14.5. The Bertz CT molecular complexity index is 3190. The molecule has 0 aliphatic carbocycles. The van der Waals surface area contributed by atoms with Gasteiger partial charge in [-0.15, -0.1) is 11.3 Å². The van der Waals surface area contributed by atoms with Gasteiger partial charge in [0.2, 0.25) is 0 Å². The third-order valence-electron chi connectivity index (χ3n) is 10.9. The van der Waals surface area contributed by atoms with Crippen molar-refractivity contribution >= 4 is 81.1 Å². The number of anilines is 3. The molecule has 0 unspecified atom stereocenters. The zero-order valence-electron chi connectivity index (χ0n) is 29.8. The summed E-state index contributed by atoms with van der Waals surface area (Å²) in [6, 6.07) is 68.3. The van der Waals surface area contributed by atoms with Crippen molar-refractivity contribution in [3.8, 4) is 27.9 Å². The molecule has 0 N–H and O–H groups in total. The Labute approximate surface area is 322 Å². The third-order valence-corrected chi connectivity index (χ3v) is 12.1. The molecule has 0 aliphatic rings. The van der Waals surface area contributed by atoms with Gasteiger partial charge in [-0.25, -0.2) is 0 Å². The van der Waals surface area contributed by atoms with Crippen LogP contribution in [0.15, 0.2) is 200 Å². The van der Waals surface area contributed by atoms with E-state index in [1.807, 2.05) is 23.7 Å². The van der Waals surface area contributed by atoms with Crippen LogP contribution in [0.4, 0.5) is 17.1 Å².